The molecule has 0 radical (unpaired) electrons. The van der Waals surface area contributed by atoms with Crippen molar-refractivity contribution >= 4 is 15.9 Å². The van der Waals surface area contributed by atoms with E-state index in [1.165, 1.54) is 5.69 Å². The van der Waals surface area contributed by atoms with Gasteiger partial charge in [0.15, 0.2) is 0 Å². The van der Waals surface area contributed by atoms with Crippen molar-refractivity contribution in [2.75, 3.05) is 20.1 Å². The van der Waals surface area contributed by atoms with Gasteiger partial charge in [-0.1, -0.05) is 6.92 Å². The molecule has 0 saturated heterocycles. The zero-order chi connectivity index (χ0) is 12.1. The van der Waals surface area contributed by atoms with E-state index in [4.69, 9.17) is 5.73 Å². The fourth-order valence-corrected chi connectivity index (χ4v) is 2.43. The van der Waals surface area contributed by atoms with Gasteiger partial charge in [-0.25, -0.2) is 0 Å². The third-order valence-corrected chi connectivity index (χ3v) is 3.58. The zero-order valence-corrected chi connectivity index (χ0v) is 11.9. The molecule has 0 unspecified atom stereocenters. The minimum Gasteiger partial charge on any atom is -0.330 e. The number of hydrogen-bond acceptors (Lipinski definition) is 3. The van der Waals surface area contributed by atoms with Crippen molar-refractivity contribution in [3.8, 4) is 0 Å². The van der Waals surface area contributed by atoms with Crippen LogP contribution in [0.5, 0.6) is 0 Å². The lowest BCUT2D eigenvalue weighted by atomic mass is 10.3. The summed E-state index contributed by atoms with van der Waals surface area (Å²) < 4.78 is 3.11. The van der Waals surface area contributed by atoms with Crippen LogP contribution in [0.3, 0.4) is 0 Å². The second kappa shape index (κ2) is 6.37. The minimum absolute atomic E-state index is 0.747. The number of nitrogens with zero attached hydrogens (tertiary/aromatic N) is 3. The third-order valence-electron chi connectivity index (χ3n) is 2.67. The van der Waals surface area contributed by atoms with Crippen molar-refractivity contribution in [1.29, 1.82) is 0 Å². The Morgan fingerprint density at radius 3 is 2.69 bits per heavy atom. The molecule has 0 aromatic carbocycles. The Morgan fingerprint density at radius 1 is 1.50 bits per heavy atom. The topological polar surface area (TPSA) is 47.1 Å². The molecule has 16 heavy (non-hydrogen) atoms. The molecule has 4 nitrogen and oxygen atoms in total. The fourth-order valence-electron chi connectivity index (χ4n) is 1.69. The predicted octanol–water partition coefficient (Wildman–Crippen LogP) is 1.53. The summed E-state index contributed by atoms with van der Waals surface area (Å²) in [6, 6.07) is 0. The summed E-state index contributed by atoms with van der Waals surface area (Å²) in [6.45, 7) is 4.80. The predicted molar refractivity (Wildman–Crippen MR) is 70.3 cm³/mol. The molecule has 5 heteroatoms. The Morgan fingerprint density at radius 2 is 2.19 bits per heavy atom. The van der Waals surface area contributed by atoms with Gasteiger partial charge in [0, 0.05) is 13.6 Å². The van der Waals surface area contributed by atoms with E-state index in [0.29, 0.717) is 0 Å². The van der Waals surface area contributed by atoms with Gasteiger partial charge >= 0.3 is 0 Å². The van der Waals surface area contributed by atoms with E-state index in [9.17, 15) is 0 Å². The first kappa shape index (κ1) is 13.7. The molecule has 0 saturated carbocycles. The number of aromatic nitrogens is 2. The molecule has 0 bridgehead atoms. The molecular weight excluding hydrogens is 268 g/mol. The summed E-state index contributed by atoms with van der Waals surface area (Å²) >= 11 is 3.62. The van der Waals surface area contributed by atoms with Crippen molar-refractivity contribution in [3.63, 3.8) is 0 Å². The highest BCUT2D eigenvalue weighted by molar-refractivity contribution is 9.10. The van der Waals surface area contributed by atoms with E-state index in [-0.39, 0.29) is 0 Å². The molecule has 0 fully saturated rings. The Kier molecular flexibility index (Phi) is 5.44. The number of aryl methyl sites for hydroxylation is 2. The van der Waals surface area contributed by atoms with Crippen LogP contribution in [0.15, 0.2) is 4.47 Å². The van der Waals surface area contributed by atoms with Gasteiger partial charge in [0.25, 0.3) is 0 Å². The van der Waals surface area contributed by atoms with Crippen molar-refractivity contribution < 1.29 is 0 Å². The maximum atomic E-state index is 5.50. The van der Waals surface area contributed by atoms with Gasteiger partial charge in [0.2, 0.25) is 0 Å². The molecule has 1 aromatic heterocycles. The molecule has 0 aliphatic heterocycles. The van der Waals surface area contributed by atoms with Crippen LogP contribution in [0.4, 0.5) is 0 Å². The second-order valence-electron chi connectivity index (χ2n) is 4.06. The van der Waals surface area contributed by atoms with Crippen LogP contribution in [0, 0.1) is 0 Å². The van der Waals surface area contributed by atoms with Gasteiger partial charge in [-0.2, -0.15) is 5.10 Å². The second-order valence-corrected chi connectivity index (χ2v) is 4.86. The van der Waals surface area contributed by atoms with E-state index in [1.54, 1.807) is 0 Å². The number of hydrogen-bond donors (Lipinski definition) is 1. The maximum Gasteiger partial charge on any atom is 0.0767 e. The summed E-state index contributed by atoms with van der Waals surface area (Å²) in [4.78, 5) is 2.27. The van der Waals surface area contributed by atoms with Crippen LogP contribution < -0.4 is 5.73 Å². The van der Waals surface area contributed by atoms with Crippen LogP contribution in [0.25, 0.3) is 0 Å². The Labute approximate surface area is 106 Å². The average molecular weight is 289 g/mol. The van der Waals surface area contributed by atoms with E-state index in [1.807, 2.05) is 11.7 Å². The van der Waals surface area contributed by atoms with Gasteiger partial charge in [0.05, 0.1) is 15.9 Å². The summed E-state index contributed by atoms with van der Waals surface area (Å²) in [7, 11) is 4.11. The van der Waals surface area contributed by atoms with Gasteiger partial charge in [-0.3, -0.25) is 4.68 Å². The van der Waals surface area contributed by atoms with Crippen LogP contribution in [-0.4, -0.2) is 34.8 Å². The SMILES string of the molecule is CCc1nn(C)c(CN(C)CCCN)c1Br. The molecule has 0 aliphatic carbocycles. The number of halogens is 1. The van der Waals surface area contributed by atoms with Crippen LogP contribution in [0.2, 0.25) is 0 Å². The van der Waals surface area contributed by atoms with Gasteiger partial charge in [-0.05, 0) is 48.9 Å². The lowest BCUT2D eigenvalue weighted by Crippen LogP contribution is -2.22. The first-order valence-corrected chi connectivity index (χ1v) is 6.48. The molecule has 92 valence electrons. The van der Waals surface area contributed by atoms with Crippen molar-refractivity contribution in [1.82, 2.24) is 14.7 Å². The lowest BCUT2D eigenvalue weighted by Gasteiger charge is -2.16. The monoisotopic (exact) mass is 288 g/mol. The zero-order valence-electron chi connectivity index (χ0n) is 10.3. The summed E-state index contributed by atoms with van der Waals surface area (Å²) in [6.07, 6.45) is 1.99. The molecule has 1 aromatic rings. The summed E-state index contributed by atoms with van der Waals surface area (Å²) in [5.41, 5.74) is 7.86. The fraction of sp³-hybridized carbons (Fsp3) is 0.727. The number of nitrogens with two attached hydrogens (primary N) is 1. The lowest BCUT2D eigenvalue weighted by molar-refractivity contribution is 0.314. The highest BCUT2D eigenvalue weighted by Crippen LogP contribution is 2.22. The number of rotatable bonds is 6. The highest BCUT2D eigenvalue weighted by Gasteiger charge is 2.13. The van der Waals surface area contributed by atoms with Crippen molar-refractivity contribution in [3.05, 3.63) is 15.9 Å². The van der Waals surface area contributed by atoms with Gasteiger partial charge in [-0.15, -0.1) is 0 Å². The highest BCUT2D eigenvalue weighted by atomic mass is 79.9. The Balaban J connectivity index is 2.69. The minimum atomic E-state index is 0.747. The molecule has 1 rings (SSSR count). The summed E-state index contributed by atoms with van der Waals surface area (Å²) in [5, 5.41) is 4.48. The first-order chi connectivity index (χ1) is 7.60. The molecule has 0 amide bonds. The van der Waals surface area contributed by atoms with Crippen molar-refractivity contribution in [2.24, 2.45) is 12.8 Å². The quantitative estimate of drug-likeness (QED) is 0.864. The molecule has 1 heterocycles. The normalized spacial score (nSPS) is 11.4. The van der Waals surface area contributed by atoms with Crippen LogP contribution in [0.1, 0.15) is 24.7 Å². The first-order valence-electron chi connectivity index (χ1n) is 5.69. The molecule has 0 spiro atoms. The van der Waals surface area contributed by atoms with Gasteiger partial charge in [0.1, 0.15) is 0 Å². The molecule has 0 aliphatic rings. The van der Waals surface area contributed by atoms with Gasteiger partial charge < -0.3 is 10.6 Å². The largest absolute Gasteiger partial charge is 0.330 e. The van der Waals surface area contributed by atoms with E-state index < -0.39 is 0 Å². The van der Waals surface area contributed by atoms with E-state index in [0.717, 1.165) is 42.6 Å². The Bertz CT molecular complexity index is 335. The van der Waals surface area contributed by atoms with Crippen LogP contribution in [-0.2, 0) is 20.0 Å². The standard InChI is InChI=1S/C11H21BrN4/c1-4-9-11(12)10(16(3)14-9)8-15(2)7-5-6-13/h4-8,13H2,1-3H3. The van der Waals surface area contributed by atoms with E-state index in [2.05, 4.69) is 39.9 Å². The third kappa shape index (κ3) is 3.30. The average Bonchev–Trinajstić information content (AvgIpc) is 2.53. The smallest absolute Gasteiger partial charge is 0.0767 e. The van der Waals surface area contributed by atoms with Crippen LogP contribution >= 0.6 is 15.9 Å². The molecule has 0 atom stereocenters. The Hall–Kier alpha value is -0.390. The molecule has 2 N–H and O–H groups in total. The summed E-state index contributed by atoms with van der Waals surface area (Å²) in [5.74, 6) is 0. The van der Waals surface area contributed by atoms with E-state index >= 15 is 0 Å². The maximum absolute atomic E-state index is 5.50. The molecular formula is C11H21BrN4. The van der Waals surface area contributed by atoms with Crippen molar-refractivity contribution in [2.45, 2.75) is 26.3 Å².